The molecule has 1 rings (SSSR count). The van der Waals surface area contributed by atoms with E-state index < -0.39 is 23.9 Å². The summed E-state index contributed by atoms with van der Waals surface area (Å²) in [5, 5.41) is 11.9. The van der Waals surface area contributed by atoms with Crippen molar-refractivity contribution >= 4 is 5.97 Å². The monoisotopic (exact) mass is 201 g/mol. The summed E-state index contributed by atoms with van der Waals surface area (Å²) in [5.74, 6) is -2.03. The summed E-state index contributed by atoms with van der Waals surface area (Å²) in [7, 11) is 0. The van der Waals surface area contributed by atoms with E-state index in [4.69, 9.17) is 20.1 Å². The Balaban J connectivity index is 2.72. The molecular formula is C7H11N3O4. The lowest BCUT2D eigenvalue weighted by molar-refractivity contribution is -0.152. The molecule has 1 aliphatic rings. The summed E-state index contributed by atoms with van der Waals surface area (Å²) in [4.78, 5) is 13.1. The minimum absolute atomic E-state index is 0.114. The highest BCUT2D eigenvalue weighted by atomic mass is 16.7. The molecule has 2 atom stereocenters. The molecule has 7 heteroatoms. The molecule has 7 nitrogen and oxygen atoms in total. The van der Waals surface area contributed by atoms with Gasteiger partial charge in [0.2, 0.25) is 0 Å². The molecule has 0 aliphatic carbocycles. The van der Waals surface area contributed by atoms with Gasteiger partial charge in [0.15, 0.2) is 11.8 Å². The summed E-state index contributed by atoms with van der Waals surface area (Å²) in [6.07, 6.45) is -0.724. The van der Waals surface area contributed by atoms with E-state index in [-0.39, 0.29) is 6.61 Å². The number of azide groups is 1. The van der Waals surface area contributed by atoms with Crippen molar-refractivity contribution in [2.24, 2.45) is 5.11 Å². The van der Waals surface area contributed by atoms with Gasteiger partial charge >= 0.3 is 5.97 Å². The van der Waals surface area contributed by atoms with Crippen LogP contribution in [0.3, 0.4) is 0 Å². The van der Waals surface area contributed by atoms with Crippen molar-refractivity contribution in [3.8, 4) is 0 Å². The van der Waals surface area contributed by atoms with E-state index in [0.29, 0.717) is 0 Å². The second kappa shape index (κ2) is 3.83. The van der Waals surface area contributed by atoms with Gasteiger partial charge in [-0.3, -0.25) is 4.79 Å². The van der Waals surface area contributed by atoms with Crippen molar-refractivity contribution in [3.05, 3.63) is 10.4 Å². The third-order valence-corrected chi connectivity index (χ3v) is 1.81. The Bertz CT molecular complexity index is 283. The first-order chi connectivity index (χ1) is 6.46. The standard InChI is InChI=1S/C7H11N3O4/c1-7(2)13-3-4(14-7)5(6(11)12)9-10-8/h4-5H,3H2,1-2H3,(H,11,12)/t4-,5-/m0/s1. The molecule has 0 spiro atoms. The van der Waals surface area contributed by atoms with Crippen LogP contribution in [0.1, 0.15) is 13.8 Å². The van der Waals surface area contributed by atoms with E-state index in [1.54, 1.807) is 13.8 Å². The van der Waals surface area contributed by atoms with E-state index in [1.165, 1.54) is 0 Å². The Hall–Kier alpha value is -1.30. The Morgan fingerprint density at radius 2 is 2.43 bits per heavy atom. The third kappa shape index (κ3) is 2.35. The number of carbonyl (C=O) groups is 1. The fourth-order valence-electron chi connectivity index (χ4n) is 1.21. The van der Waals surface area contributed by atoms with E-state index >= 15 is 0 Å². The SMILES string of the molecule is CC1(C)OC[C@@H]([C@H](N=[N+]=[N-])C(=O)O)O1. The number of rotatable bonds is 3. The van der Waals surface area contributed by atoms with E-state index in [1.807, 2.05) is 0 Å². The minimum Gasteiger partial charge on any atom is -0.481 e. The second-order valence-corrected chi connectivity index (χ2v) is 3.36. The van der Waals surface area contributed by atoms with Crippen LogP contribution in [-0.2, 0) is 14.3 Å². The first-order valence-electron chi connectivity index (χ1n) is 4.05. The maximum absolute atomic E-state index is 10.7. The van der Waals surface area contributed by atoms with Gasteiger partial charge in [-0.2, -0.15) is 0 Å². The Kier molecular flexibility index (Phi) is 2.95. The summed E-state index contributed by atoms with van der Waals surface area (Å²) < 4.78 is 10.4. The van der Waals surface area contributed by atoms with Crippen LogP contribution in [0.2, 0.25) is 0 Å². The summed E-state index contributed by atoms with van der Waals surface area (Å²) in [5.41, 5.74) is 8.17. The quantitative estimate of drug-likeness (QED) is 0.416. The highest BCUT2D eigenvalue weighted by molar-refractivity contribution is 5.74. The molecule has 1 N–H and O–H groups in total. The zero-order valence-electron chi connectivity index (χ0n) is 7.88. The van der Waals surface area contributed by atoms with Crippen molar-refractivity contribution in [2.75, 3.05) is 6.61 Å². The molecule has 0 aromatic heterocycles. The molecule has 0 unspecified atom stereocenters. The topological polar surface area (TPSA) is 105 Å². The zero-order valence-corrected chi connectivity index (χ0v) is 7.88. The van der Waals surface area contributed by atoms with Gasteiger partial charge < -0.3 is 14.6 Å². The van der Waals surface area contributed by atoms with Crippen LogP contribution < -0.4 is 0 Å². The average Bonchev–Trinajstić information content (AvgIpc) is 2.41. The number of carboxylic acids is 1. The molecule has 1 heterocycles. The van der Waals surface area contributed by atoms with Gasteiger partial charge in [-0.05, 0) is 19.4 Å². The fraction of sp³-hybridized carbons (Fsp3) is 0.857. The molecule has 1 fully saturated rings. The molecule has 0 radical (unpaired) electrons. The predicted molar refractivity (Wildman–Crippen MR) is 45.5 cm³/mol. The van der Waals surface area contributed by atoms with Crippen LogP contribution in [0.25, 0.3) is 10.4 Å². The highest BCUT2D eigenvalue weighted by Gasteiger charge is 2.40. The molecule has 0 bridgehead atoms. The van der Waals surface area contributed by atoms with Gasteiger partial charge in [0.25, 0.3) is 0 Å². The number of hydrogen-bond donors (Lipinski definition) is 1. The van der Waals surface area contributed by atoms with Crippen LogP contribution in [-0.4, -0.2) is 35.6 Å². The van der Waals surface area contributed by atoms with Crippen LogP contribution in [0.4, 0.5) is 0 Å². The molecule has 78 valence electrons. The van der Waals surface area contributed by atoms with Crippen molar-refractivity contribution < 1.29 is 19.4 Å². The maximum Gasteiger partial charge on any atom is 0.315 e. The van der Waals surface area contributed by atoms with Gasteiger partial charge in [-0.25, -0.2) is 0 Å². The summed E-state index contributed by atoms with van der Waals surface area (Å²) in [6, 6.07) is -1.23. The number of carboxylic acid groups (broad SMARTS) is 1. The van der Waals surface area contributed by atoms with Crippen molar-refractivity contribution in [3.63, 3.8) is 0 Å². The molecule has 0 saturated carbocycles. The van der Waals surface area contributed by atoms with Gasteiger partial charge in [0.1, 0.15) is 6.10 Å². The van der Waals surface area contributed by atoms with Crippen molar-refractivity contribution in [2.45, 2.75) is 31.8 Å². The summed E-state index contributed by atoms with van der Waals surface area (Å²) in [6.45, 7) is 3.45. The summed E-state index contributed by atoms with van der Waals surface area (Å²) >= 11 is 0. The average molecular weight is 201 g/mol. The molecule has 0 aromatic rings. The second-order valence-electron chi connectivity index (χ2n) is 3.36. The van der Waals surface area contributed by atoms with Crippen LogP contribution in [0, 0.1) is 0 Å². The molecule has 1 saturated heterocycles. The lowest BCUT2D eigenvalue weighted by atomic mass is 10.2. The molecule has 14 heavy (non-hydrogen) atoms. The highest BCUT2D eigenvalue weighted by Crippen LogP contribution is 2.25. The molecular weight excluding hydrogens is 190 g/mol. The molecule has 0 amide bonds. The molecule has 1 aliphatic heterocycles. The van der Waals surface area contributed by atoms with Crippen molar-refractivity contribution in [1.29, 1.82) is 0 Å². The van der Waals surface area contributed by atoms with Crippen LogP contribution in [0.15, 0.2) is 5.11 Å². The first kappa shape index (κ1) is 10.8. The smallest absolute Gasteiger partial charge is 0.315 e. The van der Waals surface area contributed by atoms with E-state index in [0.717, 1.165) is 0 Å². The Morgan fingerprint density at radius 3 is 2.79 bits per heavy atom. The van der Waals surface area contributed by atoms with Gasteiger partial charge in [-0.1, -0.05) is 5.11 Å². The Morgan fingerprint density at radius 1 is 1.79 bits per heavy atom. The number of ether oxygens (including phenoxy) is 2. The number of nitrogens with zero attached hydrogens (tertiary/aromatic N) is 3. The fourth-order valence-corrected chi connectivity index (χ4v) is 1.21. The largest absolute Gasteiger partial charge is 0.481 e. The number of hydrogen-bond acceptors (Lipinski definition) is 4. The third-order valence-electron chi connectivity index (χ3n) is 1.81. The lowest BCUT2D eigenvalue weighted by Gasteiger charge is -2.18. The normalized spacial score (nSPS) is 26.6. The zero-order chi connectivity index (χ0) is 10.8. The minimum atomic E-state index is -1.23. The van der Waals surface area contributed by atoms with Crippen LogP contribution >= 0.6 is 0 Å². The molecule has 0 aromatic carbocycles. The van der Waals surface area contributed by atoms with E-state index in [9.17, 15) is 4.79 Å². The predicted octanol–water partition coefficient (Wildman–Crippen LogP) is 0.901. The van der Waals surface area contributed by atoms with Gasteiger partial charge in [0, 0.05) is 4.91 Å². The van der Waals surface area contributed by atoms with Crippen LogP contribution in [0.5, 0.6) is 0 Å². The van der Waals surface area contributed by atoms with E-state index in [2.05, 4.69) is 10.0 Å². The van der Waals surface area contributed by atoms with Gasteiger partial charge in [-0.15, -0.1) is 0 Å². The Labute approximate surface area is 80.2 Å². The van der Waals surface area contributed by atoms with Crippen molar-refractivity contribution in [1.82, 2.24) is 0 Å². The first-order valence-corrected chi connectivity index (χ1v) is 4.05. The van der Waals surface area contributed by atoms with Gasteiger partial charge in [0.05, 0.1) is 6.61 Å². The lowest BCUT2D eigenvalue weighted by Crippen LogP contribution is -2.35. The maximum atomic E-state index is 10.7. The number of aliphatic carboxylic acids is 1.